The van der Waals surface area contributed by atoms with Crippen LogP contribution in [0.3, 0.4) is 0 Å². The summed E-state index contributed by atoms with van der Waals surface area (Å²) >= 11 is 0. The molecule has 4 nitrogen and oxygen atoms in total. The first kappa shape index (κ1) is 20.5. The molecule has 0 aromatic heterocycles. The molecular weight excluding hydrogens is 360 g/mol. The van der Waals surface area contributed by atoms with Gasteiger partial charge in [0.05, 0.1) is 0 Å². The second kappa shape index (κ2) is 9.30. The van der Waals surface area contributed by atoms with Crippen molar-refractivity contribution in [1.82, 2.24) is 0 Å². The largest absolute Gasteiger partial charge is 0.326 e. The van der Waals surface area contributed by atoms with Crippen LogP contribution in [-0.4, -0.2) is 17.7 Å². The molecule has 3 N–H and O–H groups in total. The summed E-state index contributed by atoms with van der Waals surface area (Å²) < 4.78 is 0. The van der Waals surface area contributed by atoms with Gasteiger partial charge in [0.25, 0.3) is 5.91 Å². The van der Waals surface area contributed by atoms with Crippen molar-refractivity contribution in [2.45, 2.75) is 32.9 Å². The van der Waals surface area contributed by atoms with Gasteiger partial charge in [-0.3, -0.25) is 9.59 Å². The van der Waals surface area contributed by atoms with Crippen LogP contribution in [0.1, 0.15) is 46.9 Å². The number of amides is 1. The van der Waals surface area contributed by atoms with Crippen molar-refractivity contribution in [3.05, 3.63) is 101 Å². The van der Waals surface area contributed by atoms with Crippen LogP contribution < -0.4 is 10.6 Å². The zero-order chi connectivity index (χ0) is 20.8. The van der Waals surface area contributed by atoms with Crippen LogP contribution in [-0.2, 0) is 4.79 Å². The van der Waals surface area contributed by atoms with Crippen molar-refractivity contribution in [3.8, 4) is 0 Å². The summed E-state index contributed by atoms with van der Waals surface area (Å²) in [6.07, 6.45) is 0. The second-order valence-electron chi connectivity index (χ2n) is 7.41. The molecule has 0 unspecified atom stereocenters. The van der Waals surface area contributed by atoms with E-state index < -0.39 is 0 Å². The van der Waals surface area contributed by atoms with E-state index in [1.54, 1.807) is 24.3 Å². The Morgan fingerprint density at radius 1 is 0.862 bits per heavy atom. The zero-order valence-corrected chi connectivity index (χ0v) is 17.1. The van der Waals surface area contributed by atoms with E-state index in [1.165, 1.54) is 12.5 Å². The number of nitrogens with two attached hydrogens (primary N) is 1. The molecule has 0 radical (unpaired) electrons. The maximum atomic E-state index is 12.8. The molecule has 0 aliphatic heterocycles. The first-order valence-corrected chi connectivity index (χ1v) is 9.82. The molecule has 0 bridgehead atoms. The van der Waals surface area contributed by atoms with Gasteiger partial charge in [-0.1, -0.05) is 72.3 Å². The highest BCUT2D eigenvalue weighted by atomic mass is 16.2. The summed E-state index contributed by atoms with van der Waals surface area (Å²) in [5, 5.41) is 5.01. The van der Waals surface area contributed by atoms with Crippen LogP contribution in [0.15, 0.2) is 78.9 Å². The Balaban J connectivity index is 1.78. The molecular formula is C25H27N2O2+. The van der Waals surface area contributed by atoms with Crippen LogP contribution in [0, 0.1) is 6.92 Å². The third-order valence-corrected chi connectivity index (χ3v) is 5.03. The van der Waals surface area contributed by atoms with Crippen LogP contribution in [0.5, 0.6) is 0 Å². The Bertz CT molecular complexity index is 981. The van der Waals surface area contributed by atoms with Gasteiger partial charge in [0, 0.05) is 22.4 Å². The average Bonchev–Trinajstić information content (AvgIpc) is 2.73. The monoisotopic (exact) mass is 387 g/mol. The van der Waals surface area contributed by atoms with Gasteiger partial charge in [-0.2, -0.15) is 0 Å². The van der Waals surface area contributed by atoms with Crippen molar-refractivity contribution in [2.24, 2.45) is 0 Å². The minimum atomic E-state index is -0.317. The van der Waals surface area contributed by atoms with Crippen molar-refractivity contribution in [1.29, 1.82) is 0 Å². The number of aryl methyl sites for hydroxylation is 1. The van der Waals surface area contributed by atoms with E-state index in [1.807, 2.05) is 25.1 Å². The molecule has 0 fully saturated rings. The summed E-state index contributed by atoms with van der Waals surface area (Å²) in [5.74, 6) is -0.122. The molecule has 0 aliphatic rings. The second-order valence-corrected chi connectivity index (χ2v) is 7.41. The van der Waals surface area contributed by atoms with Crippen molar-refractivity contribution < 1.29 is 14.9 Å². The van der Waals surface area contributed by atoms with Crippen molar-refractivity contribution in [2.75, 3.05) is 5.32 Å². The smallest absolute Gasteiger partial charge is 0.282 e. The van der Waals surface area contributed by atoms with Crippen LogP contribution >= 0.6 is 0 Å². The number of rotatable bonds is 7. The molecule has 148 valence electrons. The SMILES string of the molecule is CC(=O)c1cccc(NC(=O)[C@H](C)[NH2+][C@@H](c2ccccc2)c2ccc(C)cc2)c1. The molecule has 0 aliphatic carbocycles. The van der Waals surface area contributed by atoms with E-state index >= 15 is 0 Å². The number of benzene rings is 3. The highest BCUT2D eigenvalue weighted by Gasteiger charge is 2.25. The summed E-state index contributed by atoms with van der Waals surface area (Å²) in [6, 6.07) is 25.3. The van der Waals surface area contributed by atoms with E-state index in [9.17, 15) is 9.59 Å². The van der Waals surface area contributed by atoms with Crippen LogP contribution in [0.2, 0.25) is 0 Å². The molecule has 0 saturated carbocycles. The molecule has 3 aromatic carbocycles. The van der Waals surface area contributed by atoms with Crippen LogP contribution in [0.4, 0.5) is 5.69 Å². The third-order valence-electron chi connectivity index (χ3n) is 5.03. The summed E-state index contributed by atoms with van der Waals surface area (Å²) in [4.78, 5) is 24.4. The lowest BCUT2D eigenvalue weighted by Gasteiger charge is -2.21. The Hall–Kier alpha value is -3.24. The molecule has 0 spiro atoms. The van der Waals surface area contributed by atoms with Gasteiger partial charge in [-0.15, -0.1) is 0 Å². The number of ketones is 1. The maximum absolute atomic E-state index is 12.8. The Morgan fingerprint density at radius 2 is 1.52 bits per heavy atom. The molecule has 2 atom stereocenters. The predicted molar refractivity (Wildman–Crippen MR) is 116 cm³/mol. The van der Waals surface area contributed by atoms with Gasteiger partial charge >= 0.3 is 0 Å². The van der Waals surface area contributed by atoms with Crippen molar-refractivity contribution >= 4 is 17.4 Å². The minimum Gasteiger partial charge on any atom is -0.326 e. The fraction of sp³-hybridized carbons (Fsp3) is 0.200. The highest BCUT2D eigenvalue weighted by molar-refractivity contribution is 5.97. The molecule has 3 rings (SSSR count). The number of carbonyl (C=O) groups is 2. The summed E-state index contributed by atoms with van der Waals surface area (Å²) in [7, 11) is 0. The quantitative estimate of drug-likeness (QED) is 0.605. The third kappa shape index (κ3) is 5.39. The fourth-order valence-corrected chi connectivity index (χ4v) is 3.30. The van der Waals surface area contributed by atoms with Gasteiger partial charge in [-0.05, 0) is 32.9 Å². The number of Topliss-reactive ketones (excluding diaryl/α,β-unsaturated/α-hetero) is 1. The molecule has 1 amide bonds. The van der Waals surface area contributed by atoms with E-state index in [4.69, 9.17) is 0 Å². The van der Waals surface area contributed by atoms with Gasteiger partial charge in [-0.25, -0.2) is 0 Å². The lowest BCUT2D eigenvalue weighted by Crippen LogP contribution is -2.92. The van der Waals surface area contributed by atoms with Crippen LogP contribution in [0.25, 0.3) is 0 Å². The highest BCUT2D eigenvalue weighted by Crippen LogP contribution is 2.19. The first-order valence-electron chi connectivity index (χ1n) is 9.82. The average molecular weight is 388 g/mol. The normalized spacial score (nSPS) is 12.8. The van der Waals surface area contributed by atoms with Gasteiger partial charge in [0.1, 0.15) is 6.04 Å². The summed E-state index contributed by atoms with van der Waals surface area (Å²) in [6.45, 7) is 5.48. The van der Waals surface area contributed by atoms with E-state index in [0.717, 1.165) is 11.1 Å². The Kier molecular flexibility index (Phi) is 6.57. The fourth-order valence-electron chi connectivity index (χ4n) is 3.30. The predicted octanol–water partition coefficient (Wildman–Crippen LogP) is 3.88. The lowest BCUT2D eigenvalue weighted by molar-refractivity contribution is -0.704. The standard InChI is InChI=1S/C25H26N2O2/c1-17-12-14-21(15-13-17)24(20-8-5-4-6-9-20)26-18(2)25(29)27-23-11-7-10-22(16-23)19(3)28/h4-16,18,24,26H,1-3H3,(H,27,29)/p+1/t18-,24-/m0/s1. The number of hydrogen-bond acceptors (Lipinski definition) is 2. The Labute approximate surface area is 172 Å². The van der Waals surface area contributed by atoms with Gasteiger partial charge in [0.2, 0.25) is 0 Å². The number of carbonyl (C=O) groups excluding carboxylic acids is 2. The lowest BCUT2D eigenvalue weighted by atomic mass is 9.97. The van der Waals surface area contributed by atoms with Gasteiger partial charge < -0.3 is 10.6 Å². The Morgan fingerprint density at radius 3 is 2.17 bits per heavy atom. The molecule has 4 heteroatoms. The number of anilines is 1. The maximum Gasteiger partial charge on any atom is 0.282 e. The molecule has 29 heavy (non-hydrogen) atoms. The van der Waals surface area contributed by atoms with E-state index in [2.05, 4.69) is 54.0 Å². The van der Waals surface area contributed by atoms with Crippen molar-refractivity contribution in [3.63, 3.8) is 0 Å². The molecule has 0 heterocycles. The van der Waals surface area contributed by atoms with Gasteiger partial charge in [0.15, 0.2) is 11.8 Å². The molecule has 0 saturated heterocycles. The zero-order valence-electron chi connectivity index (χ0n) is 17.1. The number of nitrogens with one attached hydrogen (secondary N) is 1. The first-order chi connectivity index (χ1) is 13.9. The topological polar surface area (TPSA) is 62.8 Å². The number of hydrogen-bond donors (Lipinski definition) is 2. The minimum absolute atomic E-state index is 0.0149. The van der Waals surface area contributed by atoms with E-state index in [-0.39, 0.29) is 23.8 Å². The summed E-state index contributed by atoms with van der Waals surface area (Å²) in [5.41, 5.74) is 4.72. The number of quaternary nitrogens is 1. The van der Waals surface area contributed by atoms with E-state index in [0.29, 0.717) is 11.3 Å². The molecule has 3 aromatic rings.